The molecular formula is C10H13NS2. The summed E-state index contributed by atoms with van der Waals surface area (Å²) in [5, 5.41) is 1.39. The summed E-state index contributed by atoms with van der Waals surface area (Å²) in [7, 11) is 0. The lowest BCUT2D eigenvalue weighted by Crippen LogP contribution is -1.85. The maximum atomic E-state index is 4.77. The molecule has 1 nitrogen and oxygen atoms in total. The maximum Gasteiger partial charge on any atom is 0.0962 e. The molecule has 0 bridgehead atoms. The summed E-state index contributed by atoms with van der Waals surface area (Å²) in [6.07, 6.45) is 5.44. The second kappa shape index (κ2) is 2.99. The first-order valence-corrected chi connectivity index (χ1v) is 6.43. The van der Waals surface area contributed by atoms with E-state index in [-0.39, 0.29) is 0 Å². The first-order valence-electron chi connectivity index (χ1n) is 4.99. The maximum absolute atomic E-state index is 4.77. The first-order chi connectivity index (χ1) is 6.38. The third kappa shape index (κ3) is 1.52. The van der Waals surface area contributed by atoms with Gasteiger partial charge in [-0.25, -0.2) is 4.98 Å². The van der Waals surface area contributed by atoms with Crippen LogP contribution in [0.15, 0.2) is 0 Å². The van der Waals surface area contributed by atoms with Crippen molar-refractivity contribution < 1.29 is 0 Å². The van der Waals surface area contributed by atoms with E-state index in [1.54, 1.807) is 0 Å². The predicted octanol–water partition coefficient (Wildman–Crippen LogP) is 3.33. The Kier molecular flexibility index (Phi) is 1.91. The normalized spacial score (nSPS) is 22.2. The minimum Gasteiger partial charge on any atom is -0.245 e. The van der Waals surface area contributed by atoms with Crippen molar-refractivity contribution in [2.45, 2.75) is 43.3 Å². The lowest BCUT2D eigenvalue weighted by molar-refractivity contribution is 0.976. The molecule has 2 aliphatic carbocycles. The number of hydrogen-bond acceptors (Lipinski definition) is 3. The summed E-state index contributed by atoms with van der Waals surface area (Å²) < 4.78 is 0. The van der Waals surface area contributed by atoms with Crippen LogP contribution in [0.25, 0.3) is 0 Å². The van der Waals surface area contributed by atoms with E-state index in [1.165, 1.54) is 41.3 Å². The summed E-state index contributed by atoms with van der Waals surface area (Å²) in [4.78, 5) is 6.21. The molecule has 2 aliphatic rings. The van der Waals surface area contributed by atoms with Gasteiger partial charge in [-0.3, -0.25) is 0 Å². The Morgan fingerprint density at radius 3 is 2.46 bits per heavy atom. The van der Waals surface area contributed by atoms with Crippen molar-refractivity contribution in [2.75, 3.05) is 0 Å². The molecule has 0 aromatic carbocycles. The van der Waals surface area contributed by atoms with Crippen LogP contribution in [0.5, 0.6) is 0 Å². The fourth-order valence-electron chi connectivity index (χ4n) is 1.68. The minimum atomic E-state index is 0.797. The minimum absolute atomic E-state index is 0.797. The monoisotopic (exact) mass is 211 g/mol. The number of hydrogen-bond donors (Lipinski definition) is 1. The molecule has 0 spiro atoms. The predicted molar refractivity (Wildman–Crippen MR) is 58.8 cm³/mol. The molecule has 0 saturated heterocycles. The molecular weight excluding hydrogens is 198 g/mol. The van der Waals surface area contributed by atoms with Crippen molar-refractivity contribution in [2.24, 2.45) is 0 Å². The third-order valence-electron chi connectivity index (χ3n) is 2.78. The number of thiazole rings is 1. The number of thiol groups is 1. The average molecular weight is 211 g/mol. The largest absolute Gasteiger partial charge is 0.245 e. The van der Waals surface area contributed by atoms with Gasteiger partial charge >= 0.3 is 0 Å². The zero-order valence-electron chi connectivity index (χ0n) is 7.49. The Morgan fingerprint density at radius 1 is 1.23 bits per heavy atom. The topological polar surface area (TPSA) is 12.9 Å². The lowest BCUT2D eigenvalue weighted by atomic mass is 10.2. The smallest absolute Gasteiger partial charge is 0.0962 e. The van der Waals surface area contributed by atoms with Gasteiger partial charge in [0.05, 0.1) is 10.7 Å². The highest BCUT2D eigenvalue weighted by Gasteiger charge is 2.33. The Labute approximate surface area is 88.0 Å². The second-order valence-corrected chi connectivity index (χ2v) is 5.50. The fraction of sp³-hybridized carbons (Fsp3) is 0.700. The quantitative estimate of drug-likeness (QED) is 0.757. The molecule has 3 rings (SSSR count). The molecule has 0 radical (unpaired) electrons. The van der Waals surface area contributed by atoms with Crippen LogP contribution in [0.1, 0.15) is 53.1 Å². The molecule has 0 aliphatic heterocycles. The van der Waals surface area contributed by atoms with Crippen molar-refractivity contribution in [3.8, 4) is 0 Å². The fourth-order valence-corrected chi connectivity index (χ4v) is 3.21. The van der Waals surface area contributed by atoms with E-state index < -0.39 is 0 Å². The summed E-state index contributed by atoms with van der Waals surface area (Å²) in [5.74, 6) is 2.50. The van der Waals surface area contributed by atoms with Crippen LogP contribution >= 0.6 is 24.0 Å². The van der Waals surface area contributed by atoms with E-state index in [0.29, 0.717) is 0 Å². The van der Waals surface area contributed by atoms with Gasteiger partial charge < -0.3 is 0 Å². The molecule has 70 valence electrons. The van der Waals surface area contributed by atoms with Crippen LogP contribution in [-0.4, -0.2) is 4.98 Å². The number of rotatable bonds is 3. The SMILES string of the molecule is SCc1sc(C2CC2)nc1C1CC1. The van der Waals surface area contributed by atoms with Gasteiger partial charge in [-0.1, -0.05) is 0 Å². The molecule has 13 heavy (non-hydrogen) atoms. The number of aromatic nitrogens is 1. The Morgan fingerprint density at radius 2 is 1.92 bits per heavy atom. The Hall–Kier alpha value is -0.0200. The van der Waals surface area contributed by atoms with Crippen LogP contribution in [0.2, 0.25) is 0 Å². The Balaban J connectivity index is 1.95. The van der Waals surface area contributed by atoms with Gasteiger partial charge in [0.2, 0.25) is 0 Å². The summed E-state index contributed by atoms with van der Waals surface area (Å²) in [6.45, 7) is 0. The first kappa shape index (κ1) is 8.30. The Bertz CT molecular complexity index is 324. The third-order valence-corrected chi connectivity index (χ3v) is 4.54. The molecule has 0 atom stereocenters. The van der Waals surface area contributed by atoms with Crippen LogP contribution in [0.3, 0.4) is 0 Å². The highest BCUT2D eigenvalue weighted by molar-refractivity contribution is 7.79. The molecule has 1 aromatic rings. The average Bonchev–Trinajstić information content (AvgIpc) is 3.02. The molecule has 0 unspecified atom stereocenters. The standard InChI is InChI=1S/C10H13NS2/c12-5-8-9(6-1-2-6)11-10(13-8)7-3-4-7/h6-7,12H,1-5H2. The van der Waals surface area contributed by atoms with Crippen LogP contribution in [-0.2, 0) is 5.75 Å². The van der Waals surface area contributed by atoms with Gasteiger partial charge in [0.1, 0.15) is 0 Å². The van der Waals surface area contributed by atoms with E-state index in [2.05, 4.69) is 12.6 Å². The zero-order chi connectivity index (χ0) is 8.84. The zero-order valence-corrected chi connectivity index (χ0v) is 9.20. The van der Waals surface area contributed by atoms with Crippen molar-refractivity contribution in [1.29, 1.82) is 0 Å². The molecule has 2 fully saturated rings. The second-order valence-electron chi connectivity index (χ2n) is 4.07. The van der Waals surface area contributed by atoms with Gasteiger partial charge in [-0.15, -0.1) is 11.3 Å². The molecule has 3 heteroatoms. The van der Waals surface area contributed by atoms with Crippen molar-refractivity contribution >= 4 is 24.0 Å². The van der Waals surface area contributed by atoms with E-state index in [4.69, 9.17) is 4.98 Å². The van der Waals surface area contributed by atoms with Gasteiger partial charge in [0.25, 0.3) is 0 Å². The van der Waals surface area contributed by atoms with Gasteiger partial charge in [-0.2, -0.15) is 12.6 Å². The molecule has 2 saturated carbocycles. The number of nitrogens with zero attached hydrogens (tertiary/aromatic N) is 1. The van der Waals surface area contributed by atoms with E-state index >= 15 is 0 Å². The van der Waals surface area contributed by atoms with E-state index in [1.807, 2.05) is 11.3 Å². The van der Waals surface area contributed by atoms with Gasteiger partial charge in [0, 0.05) is 22.5 Å². The molecule has 0 N–H and O–H groups in total. The lowest BCUT2D eigenvalue weighted by Gasteiger charge is -1.92. The van der Waals surface area contributed by atoms with Crippen LogP contribution in [0, 0.1) is 0 Å². The summed E-state index contributed by atoms with van der Waals surface area (Å²) in [5.41, 5.74) is 1.39. The molecule has 0 amide bonds. The summed E-state index contributed by atoms with van der Waals surface area (Å²) >= 11 is 6.29. The van der Waals surface area contributed by atoms with Gasteiger partial charge in [-0.05, 0) is 25.7 Å². The van der Waals surface area contributed by atoms with E-state index in [0.717, 1.165) is 17.6 Å². The highest BCUT2D eigenvalue weighted by atomic mass is 32.1. The molecule has 1 heterocycles. The van der Waals surface area contributed by atoms with Crippen LogP contribution < -0.4 is 0 Å². The summed E-state index contributed by atoms with van der Waals surface area (Å²) in [6, 6.07) is 0. The van der Waals surface area contributed by atoms with E-state index in [9.17, 15) is 0 Å². The van der Waals surface area contributed by atoms with Gasteiger partial charge in [0.15, 0.2) is 0 Å². The van der Waals surface area contributed by atoms with Crippen molar-refractivity contribution in [1.82, 2.24) is 4.98 Å². The van der Waals surface area contributed by atoms with Crippen molar-refractivity contribution in [3.63, 3.8) is 0 Å². The van der Waals surface area contributed by atoms with Crippen molar-refractivity contribution in [3.05, 3.63) is 15.6 Å². The highest BCUT2D eigenvalue weighted by Crippen LogP contribution is 2.48. The van der Waals surface area contributed by atoms with Crippen LogP contribution in [0.4, 0.5) is 0 Å². The molecule has 1 aromatic heterocycles.